The average molecular weight is 334 g/mol. The topological polar surface area (TPSA) is 71.1 Å². The fourth-order valence-corrected chi connectivity index (χ4v) is 2.28. The predicted octanol–water partition coefficient (Wildman–Crippen LogP) is 1.38. The molecule has 0 fully saturated rings. The molecule has 1 amide bonds. The molecule has 1 atom stereocenters. The zero-order chi connectivity index (χ0) is 13.5. The third kappa shape index (κ3) is 4.38. The Morgan fingerprint density at radius 1 is 1.56 bits per heavy atom. The summed E-state index contributed by atoms with van der Waals surface area (Å²) in [5, 5.41) is 5.59. The van der Waals surface area contributed by atoms with E-state index in [1.165, 1.54) is 0 Å². The number of hydrogen-bond acceptors (Lipinski definition) is 4. The van der Waals surface area contributed by atoms with Crippen molar-refractivity contribution in [3.05, 3.63) is 22.3 Å². The number of hydrogen-bond donors (Lipinski definition) is 2. The minimum Gasteiger partial charge on any atom is -0.372 e. The van der Waals surface area contributed by atoms with Gasteiger partial charge in [0.2, 0.25) is 0 Å². The van der Waals surface area contributed by atoms with Crippen molar-refractivity contribution in [1.82, 2.24) is 10.3 Å². The summed E-state index contributed by atoms with van der Waals surface area (Å²) in [4.78, 5) is 16.0. The van der Waals surface area contributed by atoms with E-state index in [2.05, 4.69) is 31.5 Å². The third-order valence-electron chi connectivity index (χ3n) is 2.27. The molecule has 1 unspecified atom stereocenters. The lowest BCUT2D eigenvalue weighted by Gasteiger charge is -2.09. The second kappa shape index (κ2) is 7.48. The minimum absolute atomic E-state index is 0.221. The third-order valence-corrected chi connectivity index (χ3v) is 4.01. The van der Waals surface area contributed by atoms with Crippen LogP contribution in [-0.4, -0.2) is 40.2 Å². The first-order valence-electron chi connectivity index (χ1n) is 5.55. The van der Waals surface area contributed by atoms with Gasteiger partial charge in [0.05, 0.1) is 5.56 Å². The molecule has 0 spiro atoms. The number of anilines is 1. The van der Waals surface area contributed by atoms with Gasteiger partial charge in [0, 0.05) is 46.6 Å². The molecule has 1 aromatic rings. The molecular weight excluding hydrogens is 318 g/mol. The highest BCUT2D eigenvalue weighted by atomic mass is 79.9. The Balaban J connectivity index is 2.66. The maximum absolute atomic E-state index is 11.9. The van der Waals surface area contributed by atoms with Gasteiger partial charge in [0.1, 0.15) is 5.82 Å². The van der Waals surface area contributed by atoms with Crippen LogP contribution in [0.25, 0.3) is 0 Å². The molecule has 18 heavy (non-hydrogen) atoms. The summed E-state index contributed by atoms with van der Waals surface area (Å²) in [6, 6.07) is 1.70. The molecule has 0 aromatic carbocycles. The number of rotatable bonds is 6. The van der Waals surface area contributed by atoms with Crippen LogP contribution < -0.4 is 10.6 Å². The summed E-state index contributed by atoms with van der Waals surface area (Å²) < 4.78 is 12.0. The van der Waals surface area contributed by atoms with Gasteiger partial charge in [0.25, 0.3) is 5.91 Å². The van der Waals surface area contributed by atoms with E-state index < -0.39 is 10.8 Å². The van der Waals surface area contributed by atoms with Gasteiger partial charge in [-0.3, -0.25) is 9.00 Å². The second-order valence-corrected chi connectivity index (χ2v) is 6.27. The molecular formula is C11H16BrN3O2S. The van der Waals surface area contributed by atoms with E-state index in [-0.39, 0.29) is 5.91 Å². The molecule has 2 N–H and O–H groups in total. The van der Waals surface area contributed by atoms with Gasteiger partial charge in [-0.15, -0.1) is 0 Å². The van der Waals surface area contributed by atoms with E-state index in [1.54, 1.807) is 19.3 Å². The summed E-state index contributed by atoms with van der Waals surface area (Å²) in [6.07, 6.45) is 1.62. The van der Waals surface area contributed by atoms with Crippen LogP contribution in [0.15, 0.2) is 16.7 Å². The van der Waals surface area contributed by atoms with Crippen LogP contribution >= 0.6 is 15.9 Å². The van der Waals surface area contributed by atoms with Gasteiger partial charge >= 0.3 is 0 Å². The number of halogens is 1. The van der Waals surface area contributed by atoms with Crippen LogP contribution in [-0.2, 0) is 10.8 Å². The zero-order valence-corrected chi connectivity index (χ0v) is 12.7. The quantitative estimate of drug-likeness (QED) is 0.825. The molecule has 1 heterocycles. The molecule has 0 aliphatic rings. The number of carbonyl (C=O) groups excluding carboxylic acids is 1. The van der Waals surface area contributed by atoms with E-state index >= 15 is 0 Å². The summed E-state index contributed by atoms with van der Waals surface area (Å²) in [6.45, 7) is 2.25. The Kier molecular flexibility index (Phi) is 6.28. The first kappa shape index (κ1) is 15.1. The summed E-state index contributed by atoms with van der Waals surface area (Å²) >= 11 is 3.28. The van der Waals surface area contributed by atoms with Gasteiger partial charge in [-0.2, -0.15) is 0 Å². The monoisotopic (exact) mass is 333 g/mol. The Morgan fingerprint density at radius 2 is 2.28 bits per heavy atom. The van der Waals surface area contributed by atoms with Crippen molar-refractivity contribution in [2.45, 2.75) is 6.92 Å². The van der Waals surface area contributed by atoms with Crippen molar-refractivity contribution < 1.29 is 9.00 Å². The van der Waals surface area contributed by atoms with Crippen molar-refractivity contribution in [2.24, 2.45) is 0 Å². The maximum Gasteiger partial charge on any atom is 0.255 e. The molecule has 0 saturated carbocycles. The average Bonchev–Trinajstić information content (AvgIpc) is 2.38. The highest BCUT2D eigenvalue weighted by molar-refractivity contribution is 9.10. The number of nitrogens with zero attached hydrogens (tertiary/aromatic N) is 1. The molecule has 100 valence electrons. The minimum atomic E-state index is -0.867. The van der Waals surface area contributed by atoms with Gasteiger partial charge in [-0.05, 0) is 22.0 Å². The van der Waals surface area contributed by atoms with Crippen LogP contribution in [0, 0.1) is 0 Å². The summed E-state index contributed by atoms with van der Waals surface area (Å²) in [7, 11) is 0.841. The first-order valence-corrected chi connectivity index (χ1v) is 7.83. The molecule has 0 aliphatic heterocycles. The Bertz CT molecular complexity index is 454. The molecule has 1 rings (SSSR count). The van der Waals surface area contributed by atoms with Crippen LogP contribution in [0.1, 0.15) is 17.3 Å². The summed E-state index contributed by atoms with van der Waals surface area (Å²) in [5.41, 5.74) is 0.467. The van der Waals surface area contributed by atoms with Crippen molar-refractivity contribution in [3.63, 3.8) is 0 Å². The number of aromatic nitrogens is 1. The predicted molar refractivity (Wildman–Crippen MR) is 77.4 cm³/mol. The first-order chi connectivity index (χ1) is 8.58. The molecule has 1 aromatic heterocycles. The van der Waals surface area contributed by atoms with E-state index in [1.807, 2.05) is 6.92 Å². The standard InChI is InChI=1S/C11H16BrN3O2S/c1-3-18(17)5-4-14-11(16)9-6-8(12)7-15-10(9)13-2/h6-7H,3-5H2,1-2H3,(H,13,15)(H,14,16). The second-order valence-electron chi connectivity index (χ2n) is 3.49. The van der Waals surface area contributed by atoms with Crippen molar-refractivity contribution in [3.8, 4) is 0 Å². The number of amides is 1. The normalized spacial score (nSPS) is 11.9. The van der Waals surface area contributed by atoms with Crippen molar-refractivity contribution in [1.29, 1.82) is 0 Å². The highest BCUT2D eigenvalue weighted by Gasteiger charge is 2.12. The lowest BCUT2D eigenvalue weighted by atomic mass is 10.2. The number of carbonyl (C=O) groups is 1. The highest BCUT2D eigenvalue weighted by Crippen LogP contribution is 2.17. The number of nitrogens with one attached hydrogen (secondary N) is 2. The van der Waals surface area contributed by atoms with Crippen LogP contribution in [0.2, 0.25) is 0 Å². The zero-order valence-electron chi connectivity index (χ0n) is 10.3. The van der Waals surface area contributed by atoms with Crippen molar-refractivity contribution >= 4 is 38.5 Å². The van der Waals surface area contributed by atoms with Gasteiger partial charge in [-0.25, -0.2) is 4.98 Å². The maximum atomic E-state index is 11.9. The van der Waals surface area contributed by atoms with E-state index in [4.69, 9.17) is 0 Å². The number of pyridine rings is 1. The molecule has 5 nitrogen and oxygen atoms in total. The largest absolute Gasteiger partial charge is 0.372 e. The lowest BCUT2D eigenvalue weighted by molar-refractivity contribution is 0.0956. The van der Waals surface area contributed by atoms with E-state index in [0.29, 0.717) is 29.4 Å². The molecule has 0 radical (unpaired) electrons. The van der Waals surface area contributed by atoms with Gasteiger partial charge in [0.15, 0.2) is 0 Å². The Labute approximate surface area is 117 Å². The Morgan fingerprint density at radius 3 is 2.89 bits per heavy atom. The SMILES string of the molecule is CCS(=O)CCNC(=O)c1cc(Br)cnc1NC. The van der Waals surface area contributed by atoms with E-state index in [0.717, 1.165) is 4.47 Å². The Hall–Kier alpha value is -0.950. The molecule has 0 aliphatic carbocycles. The van der Waals surface area contributed by atoms with E-state index in [9.17, 15) is 9.00 Å². The van der Waals surface area contributed by atoms with Crippen LogP contribution in [0.5, 0.6) is 0 Å². The smallest absolute Gasteiger partial charge is 0.255 e. The molecule has 0 saturated heterocycles. The molecule has 0 bridgehead atoms. The van der Waals surface area contributed by atoms with Gasteiger partial charge in [-0.1, -0.05) is 6.92 Å². The molecule has 7 heteroatoms. The van der Waals surface area contributed by atoms with Gasteiger partial charge < -0.3 is 10.6 Å². The summed E-state index contributed by atoms with van der Waals surface area (Å²) in [5.74, 6) is 1.38. The fraction of sp³-hybridized carbons (Fsp3) is 0.455. The lowest BCUT2D eigenvalue weighted by Crippen LogP contribution is -2.28. The van der Waals surface area contributed by atoms with Crippen LogP contribution in [0.3, 0.4) is 0 Å². The fourth-order valence-electron chi connectivity index (χ4n) is 1.33. The van der Waals surface area contributed by atoms with Crippen molar-refractivity contribution in [2.75, 3.05) is 30.4 Å². The van der Waals surface area contributed by atoms with Crippen LogP contribution in [0.4, 0.5) is 5.82 Å².